The summed E-state index contributed by atoms with van der Waals surface area (Å²) < 4.78 is 10.4. The van der Waals surface area contributed by atoms with Crippen LogP contribution in [0.4, 0.5) is 11.4 Å². The Morgan fingerprint density at radius 1 is 1.17 bits per heavy atom. The van der Waals surface area contributed by atoms with Crippen molar-refractivity contribution < 1.29 is 14.3 Å². The summed E-state index contributed by atoms with van der Waals surface area (Å²) in [5.74, 6) is 0.668. The highest BCUT2D eigenvalue weighted by Gasteiger charge is 2.22. The van der Waals surface area contributed by atoms with Gasteiger partial charge in [-0.1, -0.05) is 0 Å². The molecule has 2 aromatic rings. The van der Waals surface area contributed by atoms with E-state index in [0.29, 0.717) is 32.1 Å². The van der Waals surface area contributed by atoms with E-state index in [1.165, 1.54) is 0 Å². The van der Waals surface area contributed by atoms with Gasteiger partial charge in [0.15, 0.2) is 0 Å². The summed E-state index contributed by atoms with van der Waals surface area (Å²) in [5.41, 5.74) is -0.634. The maximum atomic E-state index is 11.7. The van der Waals surface area contributed by atoms with Crippen molar-refractivity contribution >= 4 is 11.4 Å². The third-order valence-electron chi connectivity index (χ3n) is 4.02. The van der Waals surface area contributed by atoms with E-state index in [0.717, 1.165) is 13.1 Å². The van der Waals surface area contributed by atoms with Crippen molar-refractivity contribution in [2.75, 3.05) is 50.0 Å². The molecule has 1 fully saturated rings. The molecular weight excluding hydrogens is 314 g/mol. The molecule has 1 aromatic heterocycles. The van der Waals surface area contributed by atoms with Gasteiger partial charge < -0.3 is 24.9 Å². The molecule has 1 aromatic carbocycles. The van der Waals surface area contributed by atoms with Crippen LogP contribution in [0.3, 0.4) is 0 Å². The monoisotopic (exact) mass is 335 g/mol. The summed E-state index contributed by atoms with van der Waals surface area (Å²) in [7, 11) is 0. The molecule has 0 radical (unpaired) electrons. The molecule has 0 amide bonds. The molecular formula is C16H21N3O5. The Kier molecular flexibility index (Phi) is 5.29. The normalized spacial score (nSPS) is 17.0. The van der Waals surface area contributed by atoms with Gasteiger partial charge in [-0.3, -0.25) is 14.5 Å². The van der Waals surface area contributed by atoms with Crippen molar-refractivity contribution in [1.29, 1.82) is 0 Å². The molecule has 0 aliphatic carbocycles. The summed E-state index contributed by atoms with van der Waals surface area (Å²) in [4.78, 5) is 25.5. The van der Waals surface area contributed by atoms with Crippen molar-refractivity contribution in [3.8, 4) is 0 Å². The average Bonchev–Trinajstić information content (AvgIpc) is 3.11. The number of rotatable bonds is 8. The Morgan fingerprint density at radius 2 is 1.88 bits per heavy atom. The summed E-state index contributed by atoms with van der Waals surface area (Å²) in [5, 5.41) is 15.9. The zero-order valence-corrected chi connectivity index (χ0v) is 13.3. The van der Waals surface area contributed by atoms with E-state index in [2.05, 4.69) is 15.5 Å². The number of hydrogen-bond donors (Lipinski definition) is 3. The summed E-state index contributed by atoms with van der Waals surface area (Å²) in [6.07, 6.45) is 0.908. The van der Waals surface area contributed by atoms with E-state index in [9.17, 15) is 14.7 Å². The number of anilines is 2. The fourth-order valence-electron chi connectivity index (χ4n) is 2.68. The van der Waals surface area contributed by atoms with E-state index in [4.69, 9.17) is 9.15 Å². The van der Waals surface area contributed by atoms with Crippen LogP contribution < -0.4 is 21.5 Å². The Hall–Kier alpha value is -2.16. The largest absolute Gasteiger partial charge is 0.467 e. The predicted octanol–water partition coefficient (Wildman–Crippen LogP) is -0.407. The van der Waals surface area contributed by atoms with Crippen molar-refractivity contribution in [3.05, 3.63) is 44.6 Å². The molecule has 0 unspecified atom stereocenters. The first-order valence-electron chi connectivity index (χ1n) is 7.96. The SMILES string of the molecule is O=c1c(NCc2ccco2)c(NC[C@H](O)CN2CCOCC2)c1=O. The van der Waals surface area contributed by atoms with Crippen LogP contribution in [0.5, 0.6) is 0 Å². The van der Waals surface area contributed by atoms with Gasteiger partial charge in [0.1, 0.15) is 17.1 Å². The molecule has 1 aliphatic rings. The molecule has 3 N–H and O–H groups in total. The van der Waals surface area contributed by atoms with Crippen LogP contribution >= 0.6 is 0 Å². The maximum absolute atomic E-state index is 11.7. The van der Waals surface area contributed by atoms with Crippen LogP contribution in [0.2, 0.25) is 0 Å². The Bertz CT molecular complexity index is 715. The molecule has 0 spiro atoms. The molecule has 0 saturated carbocycles. The lowest BCUT2D eigenvalue weighted by Gasteiger charge is -2.28. The lowest BCUT2D eigenvalue weighted by molar-refractivity contribution is 0.0171. The quantitative estimate of drug-likeness (QED) is 0.560. The van der Waals surface area contributed by atoms with Crippen LogP contribution in [0, 0.1) is 0 Å². The van der Waals surface area contributed by atoms with E-state index in [1.807, 2.05) is 0 Å². The number of nitrogens with zero attached hydrogens (tertiary/aromatic N) is 1. The van der Waals surface area contributed by atoms with Gasteiger partial charge in [0.25, 0.3) is 10.9 Å². The standard InChI is InChI=1S/C16H21N3O5/c20-11(10-19-3-6-23-7-4-19)8-17-13-14(16(22)15(13)21)18-9-12-2-1-5-24-12/h1-2,5,11,17-18,20H,3-4,6-10H2/t11-/m0/s1. The van der Waals surface area contributed by atoms with Crippen LogP contribution in [0.25, 0.3) is 0 Å². The minimum absolute atomic E-state index is 0.206. The van der Waals surface area contributed by atoms with Crippen molar-refractivity contribution in [1.82, 2.24) is 4.90 Å². The molecule has 8 heteroatoms. The second kappa shape index (κ2) is 7.61. The summed E-state index contributed by atoms with van der Waals surface area (Å²) >= 11 is 0. The molecule has 24 heavy (non-hydrogen) atoms. The van der Waals surface area contributed by atoms with Gasteiger partial charge in [0.2, 0.25) is 0 Å². The minimum atomic E-state index is -0.634. The molecule has 0 bridgehead atoms. The lowest BCUT2D eigenvalue weighted by atomic mass is 10.1. The number of ether oxygens (including phenoxy) is 1. The first kappa shape index (κ1) is 16.7. The van der Waals surface area contributed by atoms with E-state index >= 15 is 0 Å². The second-order valence-corrected chi connectivity index (χ2v) is 5.79. The number of aliphatic hydroxyl groups excluding tert-OH is 1. The van der Waals surface area contributed by atoms with Crippen molar-refractivity contribution in [3.63, 3.8) is 0 Å². The van der Waals surface area contributed by atoms with Crippen LogP contribution in [-0.4, -0.2) is 55.5 Å². The fourth-order valence-corrected chi connectivity index (χ4v) is 2.68. The zero-order chi connectivity index (χ0) is 16.9. The van der Waals surface area contributed by atoms with Crippen molar-refractivity contribution in [2.24, 2.45) is 0 Å². The highest BCUT2D eigenvalue weighted by molar-refractivity contribution is 5.73. The highest BCUT2D eigenvalue weighted by Crippen LogP contribution is 2.16. The summed E-state index contributed by atoms with van der Waals surface area (Å²) in [6, 6.07) is 3.53. The van der Waals surface area contributed by atoms with E-state index in [1.54, 1.807) is 18.4 Å². The van der Waals surface area contributed by atoms with Gasteiger partial charge >= 0.3 is 0 Å². The van der Waals surface area contributed by atoms with Gasteiger partial charge in [-0.05, 0) is 12.1 Å². The van der Waals surface area contributed by atoms with E-state index in [-0.39, 0.29) is 17.9 Å². The van der Waals surface area contributed by atoms with Gasteiger partial charge in [-0.15, -0.1) is 0 Å². The van der Waals surface area contributed by atoms with Crippen LogP contribution in [-0.2, 0) is 11.3 Å². The second-order valence-electron chi connectivity index (χ2n) is 5.79. The van der Waals surface area contributed by atoms with Crippen LogP contribution in [0.1, 0.15) is 5.76 Å². The number of aliphatic hydroxyl groups is 1. The number of hydrogen-bond acceptors (Lipinski definition) is 8. The molecule has 2 heterocycles. The molecule has 130 valence electrons. The molecule has 1 saturated heterocycles. The Labute approximate surface area is 138 Å². The smallest absolute Gasteiger partial charge is 0.253 e. The predicted molar refractivity (Wildman–Crippen MR) is 89.1 cm³/mol. The first-order valence-corrected chi connectivity index (χ1v) is 7.96. The minimum Gasteiger partial charge on any atom is -0.467 e. The van der Waals surface area contributed by atoms with Gasteiger partial charge in [0, 0.05) is 26.2 Å². The number of β-amino-alcohol motifs (C(OH)–C–C–N with tert-alkyl or cyclic N) is 1. The average molecular weight is 335 g/mol. The topological polar surface area (TPSA) is 104 Å². The maximum Gasteiger partial charge on any atom is 0.253 e. The number of morpholine rings is 1. The number of nitrogens with one attached hydrogen (secondary N) is 2. The third kappa shape index (κ3) is 3.84. The fraction of sp³-hybridized carbons (Fsp3) is 0.500. The number of furan rings is 1. The van der Waals surface area contributed by atoms with Crippen molar-refractivity contribution in [2.45, 2.75) is 12.6 Å². The Morgan fingerprint density at radius 3 is 2.54 bits per heavy atom. The van der Waals surface area contributed by atoms with Gasteiger partial charge in [-0.25, -0.2) is 0 Å². The summed E-state index contributed by atoms with van der Waals surface area (Å²) in [6.45, 7) is 3.93. The third-order valence-corrected chi connectivity index (χ3v) is 4.02. The molecule has 3 rings (SSSR count). The Balaban J connectivity index is 1.50. The zero-order valence-electron chi connectivity index (χ0n) is 13.3. The molecule has 1 aliphatic heterocycles. The lowest BCUT2D eigenvalue weighted by Crippen LogP contribution is -2.44. The van der Waals surface area contributed by atoms with E-state index < -0.39 is 17.0 Å². The molecule has 8 nitrogen and oxygen atoms in total. The molecule has 1 atom stereocenters. The van der Waals surface area contributed by atoms with Gasteiger partial charge in [-0.2, -0.15) is 0 Å². The highest BCUT2D eigenvalue weighted by atomic mass is 16.5. The van der Waals surface area contributed by atoms with Crippen LogP contribution in [0.15, 0.2) is 32.4 Å². The van der Waals surface area contributed by atoms with Gasteiger partial charge in [0.05, 0.1) is 32.1 Å². The first-order chi connectivity index (χ1) is 11.6.